The van der Waals surface area contributed by atoms with Crippen molar-refractivity contribution in [1.82, 2.24) is 16.2 Å². The Hall–Kier alpha value is -2.25. The number of amides is 2. The Bertz CT molecular complexity index is 791. The topological polar surface area (TPSA) is 70.2 Å². The molecule has 2 aromatic carbocycles. The monoisotopic (exact) mass is 405 g/mol. The lowest BCUT2D eigenvalue weighted by molar-refractivity contribution is 0.0934. The van der Waals surface area contributed by atoms with Crippen molar-refractivity contribution in [2.75, 3.05) is 0 Å². The fourth-order valence-corrected chi connectivity index (χ4v) is 2.35. The first-order valence-electron chi connectivity index (χ1n) is 7.11. The summed E-state index contributed by atoms with van der Waals surface area (Å²) in [5.41, 5.74) is 7.99. The Morgan fingerprint density at radius 1 is 0.917 bits per heavy atom. The van der Waals surface area contributed by atoms with E-state index in [1.54, 1.807) is 24.3 Å². The average Bonchev–Trinajstić information content (AvgIpc) is 2.55. The van der Waals surface area contributed by atoms with E-state index >= 15 is 0 Å². The van der Waals surface area contributed by atoms with Gasteiger partial charge in [0.15, 0.2) is 5.11 Å². The van der Waals surface area contributed by atoms with E-state index in [0.29, 0.717) is 11.1 Å². The van der Waals surface area contributed by atoms with Crippen LogP contribution in [-0.2, 0) is 0 Å². The lowest BCUT2D eigenvalue weighted by Crippen LogP contribution is -2.48. The van der Waals surface area contributed by atoms with Gasteiger partial charge < -0.3 is 0 Å². The third-order valence-electron chi connectivity index (χ3n) is 3.26. The lowest BCUT2D eigenvalue weighted by Gasteiger charge is -2.11. The summed E-state index contributed by atoms with van der Waals surface area (Å²) < 4.78 is 0.835. The Kier molecular flexibility index (Phi) is 6.05. The predicted octanol–water partition coefficient (Wildman–Crippen LogP) is 3.02. The van der Waals surface area contributed by atoms with Crippen LogP contribution < -0.4 is 16.2 Å². The van der Waals surface area contributed by atoms with Crippen LogP contribution in [-0.4, -0.2) is 16.9 Å². The Balaban J connectivity index is 1.88. The fraction of sp³-hybridized carbons (Fsp3) is 0.118. The van der Waals surface area contributed by atoms with Gasteiger partial charge in [0.2, 0.25) is 0 Å². The van der Waals surface area contributed by atoms with E-state index in [2.05, 4.69) is 32.1 Å². The van der Waals surface area contributed by atoms with Crippen LogP contribution in [0.2, 0.25) is 0 Å². The van der Waals surface area contributed by atoms with E-state index < -0.39 is 0 Å². The minimum atomic E-state index is -0.363. The minimum Gasteiger partial charge on any atom is -0.298 e. The zero-order valence-corrected chi connectivity index (χ0v) is 15.5. The van der Waals surface area contributed by atoms with E-state index in [9.17, 15) is 9.59 Å². The number of rotatable bonds is 2. The number of carbonyl (C=O) groups excluding carboxylic acids is 2. The van der Waals surface area contributed by atoms with Crippen LogP contribution in [0.4, 0.5) is 0 Å². The molecule has 0 unspecified atom stereocenters. The zero-order valence-electron chi connectivity index (χ0n) is 13.1. The maximum atomic E-state index is 12.1. The summed E-state index contributed by atoms with van der Waals surface area (Å²) in [6.07, 6.45) is 0. The van der Waals surface area contributed by atoms with Crippen molar-refractivity contribution < 1.29 is 9.59 Å². The van der Waals surface area contributed by atoms with Crippen LogP contribution in [0.15, 0.2) is 46.9 Å². The second-order valence-corrected chi connectivity index (χ2v) is 6.45. The SMILES string of the molecule is Cc1ccc(C(=O)NNC(=S)NC(=O)c2ccc(C)c(Br)c2)cc1. The van der Waals surface area contributed by atoms with E-state index in [-0.39, 0.29) is 16.9 Å². The van der Waals surface area contributed by atoms with Crippen molar-refractivity contribution >= 4 is 45.1 Å². The van der Waals surface area contributed by atoms with Crippen LogP contribution in [0, 0.1) is 13.8 Å². The van der Waals surface area contributed by atoms with Crippen LogP contribution in [0.3, 0.4) is 0 Å². The fourth-order valence-electron chi connectivity index (χ4n) is 1.83. The minimum absolute atomic E-state index is 0.0113. The van der Waals surface area contributed by atoms with Gasteiger partial charge in [-0.3, -0.25) is 25.8 Å². The van der Waals surface area contributed by atoms with E-state index in [0.717, 1.165) is 15.6 Å². The normalized spacial score (nSPS) is 9.96. The molecule has 2 amide bonds. The first-order valence-corrected chi connectivity index (χ1v) is 8.31. The summed E-state index contributed by atoms with van der Waals surface area (Å²) in [5, 5.41) is 2.52. The van der Waals surface area contributed by atoms with Crippen molar-refractivity contribution in [2.45, 2.75) is 13.8 Å². The highest BCUT2D eigenvalue weighted by Gasteiger charge is 2.10. The molecule has 0 fully saturated rings. The molecule has 0 bridgehead atoms. The van der Waals surface area contributed by atoms with Gasteiger partial charge in [-0.1, -0.05) is 39.7 Å². The molecule has 2 aromatic rings. The van der Waals surface area contributed by atoms with E-state index in [4.69, 9.17) is 12.2 Å². The van der Waals surface area contributed by atoms with Crippen molar-refractivity contribution in [3.8, 4) is 0 Å². The summed E-state index contributed by atoms with van der Waals surface area (Å²) in [5.74, 6) is -0.706. The van der Waals surface area contributed by atoms with Gasteiger partial charge in [-0.25, -0.2) is 0 Å². The standard InChI is InChI=1S/C17H16BrN3O2S/c1-10-3-6-12(7-4-10)16(23)20-21-17(24)19-15(22)13-8-5-11(2)14(18)9-13/h3-9H,1-2H3,(H,20,23)(H2,19,21,22,24). The maximum absolute atomic E-state index is 12.1. The van der Waals surface area contributed by atoms with Crippen LogP contribution in [0.5, 0.6) is 0 Å². The molecule has 2 rings (SSSR count). The quantitative estimate of drug-likeness (QED) is 0.530. The number of hydrogen-bond acceptors (Lipinski definition) is 3. The molecule has 0 aromatic heterocycles. The van der Waals surface area contributed by atoms with Gasteiger partial charge >= 0.3 is 0 Å². The molecule has 124 valence electrons. The Labute approximate surface area is 153 Å². The predicted molar refractivity (Wildman–Crippen MR) is 101 cm³/mol. The smallest absolute Gasteiger partial charge is 0.269 e. The molecule has 0 radical (unpaired) electrons. The average molecular weight is 406 g/mol. The highest BCUT2D eigenvalue weighted by molar-refractivity contribution is 9.10. The van der Waals surface area contributed by atoms with E-state index in [1.807, 2.05) is 32.0 Å². The number of hydrogen-bond donors (Lipinski definition) is 3. The molecule has 0 atom stereocenters. The number of thiocarbonyl (C=S) groups is 1. The van der Waals surface area contributed by atoms with Gasteiger partial charge in [0.1, 0.15) is 0 Å². The van der Waals surface area contributed by atoms with Crippen LogP contribution in [0.1, 0.15) is 31.8 Å². The molecule has 7 heteroatoms. The third-order valence-corrected chi connectivity index (χ3v) is 4.32. The molecule has 3 N–H and O–H groups in total. The molecule has 0 spiro atoms. The molecule has 24 heavy (non-hydrogen) atoms. The number of benzene rings is 2. The second-order valence-electron chi connectivity index (χ2n) is 5.19. The third kappa shape index (κ3) is 4.87. The van der Waals surface area contributed by atoms with E-state index in [1.165, 1.54) is 0 Å². The number of hydrazine groups is 1. The van der Waals surface area contributed by atoms with Crippen molar-refractivity contribution in [3.05, 3.63) is 69.2 Å². The van der Waals surface area contributed by atoms with Gasteiger partial charge in [0.25, 0.3) is 11.8 Å². The number of aryl methyl sites for hydroxylation is 2. The molecule has 0 heterocycles. The second kappa shape index (κ2) is 8.03. The van der Waals surface area contributed by atoms with Gasteiger partial charge in [0.05, 0.1) is 0 Å². The van der Waals surface area contributed by atoms with Crippen molar-refractivity contribution in [2.24, 2.45) is 0 Å². The van der Waals surface area contributed by atoms with Gasteiger partial charge in [-0.15, -0.1) is 0 Å². The van der Waals surface area contributed by atoms with Crippen molar-refractivity contribution in [1.29, 1.82) is 0 Å². The van der Waals surface area contributed by atoms with Gasteiger partial charge in [-0.2, -0.15) is 0 Å². The first-order chi connectivity index (χ1) is 11.4. The molecule has 0 aliphatic heterocycles. The molecule has 5 nitrogen and oxygen atoms in total. The summed E-state index contributed by atoms with van der Waals surface area (Å²) >= 11 is 8.38. The largest absolute Gasteiger partial charge is 0.298 e. The maximum Gasteiger partial charge on any atom is 0.269 e. The molecule has 0 saturated carbocycles. The lowest BCUT2D eigenvalue weighted by atomic mass is 10.1. The summed E-state index contributed by atoms with van der Waals surface area (Å²) in [4.78, 5) is 24.0. The number of nitrogens with one attached hydrogen (secondary N) is 3. The molecular weight excluding hydrogens is 390 g/mol. The van der Waals surface area contributed by atoms with Crippen molar-refractivity contribution in [3.63, 3.8) is 0 Å². The Morgan fingerprint density at radius 3 is 2.17 bits per heavy atom. The number of carbonyl (C=O) groups is 2. The zero-order chi connectivity index (χ0) is 17.7. The van der Waals surface area contributed by atoms with Crippen LogP contribution in [0.25, 0.3) is 0 Å². The molecule has 0 aliphatic carbocycles. The number of halogens is 1. The molecule has 0 aliphatic rings. The first kappa shape index (κ1) is 18.1. The summed E-state index contributed by atoms with van der Waals surface area (Å²) in [6, 6.07) is 12.3. The highest BCUT2D eigenvalue weighted by atomic mass is 79.9. The Morgan fingerprint density at radius 2 is 1.54 bits per heavy atom. The van der Waals surface area contributed by atoms with Gasteiger partial charge in [0, 0.05) is 15.6 Å². The van der Waals surface area contributed by atoms with Crippen LogP contribution >= 0.6 is 28.1 Å². The highest BCUT2D eigenvalue weighted by Crippen LogP contribution is 2.17. The molecular formula is C17H16BrN3O2S. The molecule has 0 saturated heterocycles. The summed E-state index contributed by atoms with van der Waals surface area (Å²) in [6.45, 7) is 3.87. The summed E-state index contributed by atoms with van der Waals surface area (Å²) in [7, 11) is 0. The van der Waals surface area contributed by atoms with Gasteiger partial charge in [-0.05, 0) is 55.9 Å².